The standard InChI is InChI=1S/C14H20FNO2/c1-14(2,3)12(17)7-8-16-13(18)10-5-4-6-11(15)9-10/h4-6,9,12,17H,7-8H2,1-3H3,(H,16,18)/t12-/m1/s1. The molecule has 18 heavy (non-hydrogen) atoms. The van der Waals surface area contributed by atoms with Crippen LogP contribution in [0.15, 0.2) is 24.3 Å². The number of amides is 1. The number of carbonyl (C=O) groups excluding carboxylic acids is 1. The van der Waals surface area contributed by atoms with Crippen LogP contribution >= 0.6 is 0 Å². The van der Waals surface area contributed by atoms with E-state index >= 15 is 0 Å². The molecule has 0 radical (unpaired) electrons. The van der Waals surface area contributed by atoms with Crippen molar-refractivity contribution in [3.05, 3.63) is 35.6 Å². The lowest BCUT2D eigenvalue weighted by molar-refractivity contribution is 0.0551. The summed E-state index contributed by atoms with van der Waals surface area (Å²) >= 11 is 0. The lowest BCUT2D eigenvalue weighted by atomic mass is 9.87. The fourth-order valence-corrected chi connectivity index (χ4v) is 1.49. The summed E-state index contributed by atoms with van der Waals surface area (Å²) in [4.78, 5) is 11.7. The molecule has 4 heteroatoms. The monoisotopic (exact) mass is 253 g/mol. The van der Waals surface area contributed by atoms with Crippen molar-refractivity contribution >= 4 is 5.91 Å². The van der Waals surface area contributed by atoms with Crippen molar-refractivity contribution in [3.63, 3.8) is 0 Å². The number of hydrogen-bond acceptors (Lipinski definition) is 2. The van der Waals surface area contributed by atoms with Gasteiger partial charge >= 0.3 is 0 Å². The summed E-state index contributed by atoms with van der Waals surface area (Å²) in [5.74, 6) is -0.756. The predicted octanol–water partition coefficient (Wildman–Crippen LogP) is 2.35. The van der Waals surface area contributed by atoms with Gasteiger partial charge in [-0.25, -0.2) is 4.39 Å². The molecule has 2 N–H and O–H groups in total. The smallest absolute Gasteiger partial charge is 0.251 e. The highest BCUT2D eigenvalue weighted by atomic mass is 19.1. The molecule has 0 aliphatic heterocycles. The quantitative estimate of drug-likeness (QED) is 0.865. The van der Waals surface area contributed by atoms with Gasteiger partial charge in [0, 0.05) is 12.1 Å². The second-order valence-corrected chi connectivity index (χ2v) is 5.44. The Morgan fingerprint density at radius 1 is 1.44 bits per heavy atom. The molecule has 1 aromatic rings. The van der Waals surface area contributed by atoms with Crippen molar-refractivity contribution in [2.45, 2.75) is 33.3 Å². The molecule has 0 fully saturated rings. The molecule has 3 nitrogen and oxygen atoms in total. The maximum absolute atomic E-state index is 12.9. The summed E-state index contributed by atoms with van der Waals surface area (Å²) in [6.45, 7) is 6.18. The molecule has 1 atom stereocenters. The summed E-state index contributed by atoms with van der Waals surface area (Å²) in [6.07, 6.45) is -0.00445. The zero-order valence-corrected chi connectivity index (χ0v) is 11.0. The predicted molar refractivity (Wildman–Crippen MR) is 68.8 cm³/mol. The molecule has 0 heterocycles. The molecular weight excluding hydrogens is 233 g/mol. The number of nitrogens with one attached hydrogen (secondary N) is 1. The fraction of sp³-hybridized carbons (Fsp3) is 0.500. The van der Waals surface area contributed by atoms with Crippen molar-refractivity contribution in [2.75, 3.05) is 6.54 Å². The maximum atomic E-state index is 12.9. The van der Waals surface area contributed by atoms with Crippen LogP contribution in [0.4, 0.5) is 4.39 Å². The van der Waals surface area contributed by atoms with E-state index in [1.807, 2.05) is 20.8 Å². The van der Waals surface area contributed by atoms with Crippen molar-refractivity contribution in [1.82, 2.24) is 5.32 Å². The van der Waals surface area contributed by atoms with Crippen LogP contribution in [0, 0.1) is 11.2 Å². The molecule has 0 bridgehead atoms. The zero-order chi connectivity index (χ0) is 13.8. The highest BCUT2D eigenvalue weighted by molar-refractivity contribution is 5.94. The number of halogens is 1. The number of carbonyl (C=O) groups is 1. The van der Waals surface area contributed by atoms with Gasteiger partial charge in [0.15, 0.2) is 0 Å². The first-order valence-electron chi connectivity index (χ1n) is 6.02. The van der Waals surface area contributed by atoms with Crippen LogP contribution < -0.4 is 5.32 Å². The van der Waals surface area contributed by atoms with Crippen LogP contribution in [0.3, 0.4) is 0 Å². The average Bonchev–Trinajstić information content (AvgIpc) is 2.27. The highest BCUT2D eigenvalue weighted by Crippen LogP contribution is 2.20. The van der Waals surface area contributed by atoms with E-state index < -0.39 is 11.9 Å². The molecule has 0 saturated heterocycles. The maximum Gasteiger partial charge on any atom is 0.251 e. The van der Waals surface area contributed by atoms with Crippen molar-refractivity contribution in [3.8, 4) is 0 Å². The molecule has 100 valence electrons. The van der Waals surface area contributed by atoms with Gasteiger partial charge in [-0.2, -0.15) is 0 Å². The molecule has 0 unspecified atom stereocenters. The van der Waals surface area contributed by atoms with Crippen LogP contribution in [0.25, 0.3) is 0 Å². The summed E-state index contributed by atoms with van der Waals surface area (Å²) in [5, 5.41) is 12.5. The largest absolute Gasteiger partial charge is 0.393 e. The van der Waals surface area contributed by atoms with E-state index in [-0.39, 0.29) is 11.3 Å². The van der Waals surface area contributed by atoms with E-state index in [0.29, 0.717) is 18.5 Å². The minimum Gasteiger partial charge on any atom is -0.393 e. The summed E-state index contributed by atoms with van der Waals surface area (Å²) in [5.41, 5.74) is 0.0871. The first kappa shape index (κ1) is 14.6. The van der Waals surface area contributed by atoms with Gasteiger partial charge < -0.3 is 10.4 Å². The molecule has 1 amide bonds. The van der Waals surface area contributed by atoms with Crippen LogP contribution in [0.1, 0.15) is 37.6 Å². The Morgan fingerprint density at radius 2 is 2.11 bits per heavy atom. The van der Waals surface area contributed by atoms with Crippen molar-refractivity contribution in [1.29, 1.82) is 0 Å². The lowest BCUT2D eigenvalue weighted by Crippen LogP contribution is -2.32. The molecule has 0 aromatic heterocycles. The van der Waals surface area contributed by atoms with Gasteiger partial charge in [0.2, 0.25) is 0 Å². The Labute approximate surface area is 107 Å². The molecule has 0 saturated carbocycles. The summed E-state index contributed by atoms with van der Waals surface area (Å²) in [6, 6.07) is 5.53. The summed E-state index contributed by atoms with van der Waals surface area (Å²) in [7, 11) is 0. The fourth-order valence-electron chi connectivity index (χ4n) is 1.49. The average molecular weight is 253 g/mol. The minimum absolute atomic E-state index is 0.205. The zero-order valence-electron chi connectivity index (χ0n) is 11.0. The van der Waals surface area contributed by atoms with Gasteiger partial charge in [0.1, 0.15) is 5.82 Å². The normalized spacial score (nSPS) is 13.2. The third kappa shape index (κ3) is 4.45. The van der Waals surface area contributed by atoms with Crippen LogP contribution in [0.5, 0.6) is 0 Å². The van der Waals surface area contributed by atoms with E-state index in [1.54, 1.807) is 6.07 Å². The van der Waals surface area contributed by atoms with Gasteiger partial charge in [0.25, 0.3) is 5.91 Å². The summed E-state index contributed by atoms with van der Waals surface area (Å²) < 4.78 is 12.9. The Kier molecular flexibility index (Phi) is 4.84. The second kappa shape index (κ2) is 5.96. The second-order valence-electron chi connectivity index (χ2n) is 5.44. The number of hydrogen-bond donors (Lipinski definition) is 2. The minimum atomic E-state index is -0.481. The lowest BCUT2D eigenvalue weighted by Gasteiger charge is -2.25. The van der Waals surface area contributed by atoms with Gasteiger partial charge in [-0.1, -0.05) is 26.8 Å². The van der Waals surface area contributed by atoms with Gasteiger partial charge in [-0.3, -0.25) is 4.79 Å². The molecular formula is C14H20FNO2. The number of aliphatic hydroxyl groups excluding tert-OH is 1. The van der Waals surface area contributed by atoms with Crippen molar-refractivity contribution < 1.29 is 14.3 Å². The van der Waals surface area contributed by atoms with E-state index in [2.05, 4.69) is 5.32 Å². The number of aliphatic hydroxyl groups is 1. The Morgan fingerprint density at radius 3 is 2.67 bits per heavy atom. The Balaban J connectivity index is 2.43. The van der Waals surface area contributed by atoms with Gasteiger partial charge in [-0.05, 0) is 30.0 Å². The van der Waals surface area contributed by atoms with Gasteiger partial charge in [-0.15, -0.1) is 0 Å². The van der Waals surface area contributed by atoms with E-state index in [9.17, 15) is 14.3 Å². The highest BCUT2D eigenvalue weighted by Gasteiger charge is 2.21. The van der Waals surface area contributed by atoms with Crippen LogP contribution in [0.2, 0.25) is 0 Å². The molecule has 0 aliphatic carbocycles. The number of benzene rings is 1. The Bertz CT molecular complexity index is 413. The van der Waals surface area contributed by atoms with Crippen LogP contribution in [-0.2, 0) is 0 Å². The SMILES string of the molecule is CC(C)(C)[C@H](O)CCNC(=O)c1cccc(F)c1. The van der Waals surface area contributed by atoms with Crippen molar-refractivity contribution in [2.24, 2.45) is 5.41 Å². The third-order valence-corrected chi connectivity index (χ3v) is 2.79. The number of rotatable bonds is 4. The Hall–Kier alpha value is -1.42. The van der Waals surface area contributed by atoms with E-state index in [4.69, 9.17) is 0 Å². The third-order valence-electron chi connectivity index (χ3n) is 2.79. The topological polar surface area (TPSA) is 49.3 Å². The first-order chi connectivity index (χ1) is 8.30. The molecule has 0 spiro atoms. The molecule has 1 rings (SSSR count). The molecule has 0 aliphatic rings. The van der Waals surface area contributed by atoms with Gasteiger partial charge in [0.05, 0.1) is 6.10 Å². The molecule has 1 aromatic carbocycles. The van der Waals surface area contributed by atoms with Crippen LogP contribution in [-0.4, -0.2) is 23.7 Å². The van der Waals surface area contributed by atoms with E-state index in [0.717, 1.165) is 0 Å². The first-order valence-corrected chi connectivity index (χ1v) is 6.02. The van der Waals surface area contributed by atoms with E-state index in [1.165, 1.54) is 18.2 Å².